The lowest BCUT2D eigenvalue weighted by molar-refractivity contribution is 0.219. The number of hydrogen-bond acceptors (Lipinski definition) is 3. The highest BCUT2D eigenvalue weighted by Gasteiger charge is 2.16. The fourth-order valence-corrected chi connectivity index (χ4v) is 2.69. The molecule has 0 N–H and O–H groups in total. The molecule has 0 radical (unpaired) electrons. The molecule has 1 heterocycles. The van der Waals surface area contributed by atoms with Crippen LogP contribution in [0.3, 0.4) is 0 Å². The molecule has 2 aromatic carbocycles. The van der Waals surface area contributed by atoms with Gasteiger partial charge in [-0.3, -0.25) is 4.90 Å². The molecule has 0 fully saturated rings. The summed E-state index contributed by atoms with van der Waals surface area (Å²) < 4.78 is 5.89. The number of hydrogen-bond donors (Lipinski definition) is 0. The average molecular weight is 282 g/mol. The Morgan fingerprint density at radius 2 is 1.90 bits per heavy atom. The van der Waals surface area contributed by atoms with Crippen molar-refractivity contribution in [2.45, 2.75) is 13.1 Å². The minimum atomic E-state index is 0.751. The zero-order chi connectivity index (χ0) is 14.7. The number of nitrogens with zero attached hydrogens (tertiary/aromatic N) is 2. The summed E-state index contributed by atoms with van der Waals surface area (Å²) in [5.41, 5.74) is 3.85. The van der Waals surface area contributed by atoms with Crippen LogP contribution in [0.5, 0.6) is 5.75 Å². The maximum absolute atomic E-state index is 5.89. The van der Waals surface area contributed by atoms with Gasteiger partial charge in [0.05, 0.1) is 0 Å². The average Bonchev–Trinajstić information content (AvgIpc) is 2.69. The van der Waals surface area contributed by atoms with Crippen molar-refractivity contribution in [2.24, 2.45) is 0 Å². The Balaban J connectivity index is 1.79. The summed E-state index contributed by atoms with van der Waals surface area (Å²) in [6.07, 6.45) is 0. The molecule has 0 saturated carbocycles. The van der Waals surface area contributed by atoms with Crippen molar-refractivity contribution < 1.29 is 4.74 Å². The fraction of sp³-hybridized carbons (Fsp3) is 0.333. The van der Waals surface area contributed by atoms with Crippen LogP contribution >= 0.6 is 0 Å². The van der Waals surface area contributed by atoms with Crippen LogP contribution in [-0.2, 0) is 13.1 Å². The first kappa shape index (κ1) is 14.0. The van der Waals surface area contributed by atoms with E-state index in [4.69, 9.17) is 4.74 Å². The minimum absolute atomic E-state index is 0.751. The highest BCUT2D eigenvalue weighted by Crippen LogP contribution is 2.28. The van der Waals surface area contributed by atoms with Gasteiger partial charge in [0, 0.05) is 45.0 Å². The van der Waals surface area contributed by atoms with Gasteiger partial charge < -0.3 is 9.64 Å². The van der Waals surface area contributed by atoms with Gasteiger partial charge in [0.2, 0.25) is 0 Å². The van der Waals surface area contributed by atoms with Gasteiger partial charge in [0.25, 0.3) is 0 Å². The van der Waals surface area contributed by atoms with E-state index in [-0.39, 0.29) is 0 Å². The minimum Gasteiger partial charge on any atom is -0.492 e. The molecule has 0 amide bonds. The van der Waals surface area contributed by atoms with E-state index in [9.17, 15) is 0 Å². The van der Waals surface area contributed by atoms with Gasteiger partial charge >= 0.3 is 0 Å². The number of anilines is 1. The monoisotopic (exact) mass is 282 g/mol. The molecule has 0 unspecified atom stereocenters. The molecule has 1 aliphatic rings. The number of ether oxygens (including phenoxy) is 1. The highest BCUT2D eigenvalue weighted by molar-refractivity contribution is 5.52. The Bertz CT molecular complexity index is 595. The first-order valence-corrected chi connectivity index (χ1v) is 7.42. The van der Waals surface area contributed by atoms with E-state index in [0.29, 0.717) is 0 Å². The predicted octanol–water partition coefficient (Wildman–Crippen LogP) is 3.15. The van der Waals surface area contributed by atoms with Crippen LogP contribution in [0.2, 0.25) is 0 Å². The van der Waals surface area contributed by atoms with E-state index >= 15 is 0 Å². The van der Waals surface area contributed by atoms with Gasteiger partial charge in [-0.15, -0.1) is 0 Å². The van der Waals surface area contributed by atoms with E-state index in [0.717, 1.165) is 32.0 Å². The van der Waals surface area contributed by atoms with Crippen LogP contribution in [0.1, 0.15) is 11.1 Å². The van der Waals surface area contributed by atoms with Crippen molar-refractivity contribution in [1.82, 2.24) is 4.90 Å². The Labute approximate surface area is 126 Å². The van der Waals surface area contributed by atoms with Gasteiger partial charge in [-0.1, -0.05) is 30.3 Å². The molecule has 1 aliphatic heterocycles. The molecular formula is C18H22N2O. The molecule has 0 atom stereocenters. The second kappa shape index (κ2) is 6.19. The third kappa shape index (κ3) is 3.37. The molecule has 0 spiro atoms. The third-order valence-electron chi connectivity index (χ3n) is 3.87. The zero-order valence-electron chi connectivity index (χ0n) is 12.7. The third-order valence-corrected chi connectivity index (χ3v) is 3.87. The van der Waals surface area contributed by atoms with Crippen molar-refractivity contribution in [3.8, 4) is 5.75 Å². The zero-order valence-corrected chi connectivity index (χ0v) is 12.7. The van der Waals surface area contributed by atoms with Crippen LogP contribution in [0.15, 0.2) is 48.5 Å². The number of fused-ring (bicyclic) bond motifs is 1. The lowest BCUT2D eigenvalue weighted by Crippen LogP contribution is -2.25. The summed E-state index contributed by atoms with van der Waals surface area (Å²) in [5.74, 6) is 1.02. The van der Waals surface area contributed by atoms with Crippen LogP contribution in [-0.4, -0.2) is 32.1 Å². The molecular weight excluding hydrogens is 260 g/mol. The summed E-state index contributed by atoms with van der Waals surface area (Å²) in [5, 5.41) is 0. The van der Waals surface area contributed by atoms with E-state index in [1.54, 1.807) is 0 Å². The van der Waals surface area contributed by atoms with E-state index in [2.05, 4.69) is 72.4 Å². The highest BCUT2D eigenvalue weighted by atomic mass is 16.5. The normalized spacial score (nSPS) is 15.0. The fourth-order valence-electron chi connectivity index (χ4n) is 2.69. The summed E-state index contributed by atoms with van der Waals surface area (Å²) in [6, 6.07) is 17.1. The van der Waals surface area contributed by atoms with Crippen LogP contribution in [0, 0.1) is 0 Å². The first-order chi connectivity index (χ1) is 10.2. The number of benzene rings is 2. The maximum Gasteiger partial charge on any atom is 0.124 e. The second-order valence-electron chi connectivity index (χ2n) is 5.73. The molecule has 110 valence electrons. The van der Waals surface area contributed by atoms with Crippen molar-refractivity contribution in [3.05, 3.63) is 59.7 Å². The van der Waals surface area contributed by atoms with Crippen molar-refractivity contribution >= 4 is 5.69 Å². The van der Waals surface area contributed by atoms with Gasteiger partial charge in [0.15, 0.2) is 0 Å². The molecule has 0 aromatic heterocycles. The van der Waals surface area contributed by atoms with Crippen LogP contribution < -0.4 is 9.64 Å². The molecule has 2 aromatic rings. The maximum atomic E-state index is 5.89. The first-order valence-electron chi connectivity index (χ1n) is 7.42. The summed E-state index contributed by atoms with van der Waals surface area (Å²) in [6.45, 7) is 3.61. The Kier molecular flexibility index (Phi) is 4.11. The SMILES string of the molecule is CN(C)c1ccc2c(c1)CN(Cc1ccccc1)CCO2. The molecule has 0 bridgehead atoms. The lowest BCUT2D eigenvalue weighted by atomic mass is 10.1. The van der Waals surface area contributed by atoms with Crippen molar-refractivity contribution in [3.63, 3.8) is 0 Å². The Morgan fingerprint density at radius 3 is 2.67 bits per heavy atom. The van der Waals surface area contributed by atoms with Crippen molar-refractivity contribution in [1.29, 1.82) is 0 Å². The van der Waals surface area contributed by atoms with Gasteiger partial charge in [-0.05, 0) is 23.8 Å². The molecule has 21 heavy (non-hydrogen) atoms. The topological polar surface area (TPSA) is 15.7 Å². The van der Waals surface area contributed by atoms with Crippen molar-refractivity contribution in [2.75, 3.05) is 32.1 Å². The van der Waals surface area contributed by atoms with E-state index in [1.165, 1.54) is 16.8 Å². The summed E-state index contributed by atoms with van der Waals surface area (Å²) >= 11 is 0. The van der Waals surface area contributed by atoms with Crippen LogP contribution in [0.25, 0.3) is 0 Å². The van der Waals surface area contributed by atoms with Gasteiger partial charge in [-0.25, -0.2) is 0 Å². The van der Waals surface area contributed by atoms with Gasteiger partial charge in [0.1, 0.15) is 12.4 Å². The quantitative estimate of drug-likeness (QED) is 0.860. The summed E-state index contributed by atoms with van der Waals surface area (Å²) in [7, 11) is 4.14. The van der Waals surface area contributed by atoms with Gasteiger partial charge in [-0.2, -0.15) is 0 Å². The second-order valence-corrected chi connectivity index (χ2v) is 5.73. The molecule has 0 aliphatic carbocycles. The smallest absolute Gasteiger partial charge is 0.124 e. The Morgan fingerprint density at radius 1 is 1.10 bits per heavy atom. The molecule has 3 nitrogen and oxygen atoms in total. The standard InChI is InChI=1S/C18H22N2O/c1-19(2)17-8-9-18-16(12-17)14-20(10-11-21-18)13-15-6-4-3-5-7-15/h3-9,12H,10-11,13-14H2,1-2H3. The predicted molar refractivity (Wildman–Crippen MR) is 86.8 cm³/mol. The summed E-state index contributed by atoms with van der Waals surface area (Å²) in [4.78, 5) is 4.58. The number of rotatable bonds is 3. The van der Waals surface area contributed by atoms with E-state index < -0.39 is 0 Å². The molecule has 3 rings (SSSR count). The largest absolute Gasteiger partial charge is 0.492 e. The van der Waals surface area contributed by atoms with E-state index in [1.807, 2.05) is 0 Å². The lowest BCUT2D eigenvalue weighted by Gasteiger charge is -2.20. The Hall–Kier alpha value is -2.00. The molecule has 0 saturated heterocycles. The molecule has 3 heteroatoms. The van der Waals surface area contributed by atoms with Crippen LogP contribution in [0.4, 0.5) is 5.69 Å².